The van der Waals surface area contributed by atoms with Crippen molar-refractivity contribution in [2.45, 2.75) is 45.4 Å². The molecule has 0 bridgehead atoms. The Hall–Kier alpha value is -3.96. The van der Waals surface area contributed by atoms with Crippen LogP contribution in [0.4, 0.5) is 0 Å². The molecule has 2 aromatic rings. The van der Waals surface area contributed by atoms with Crippen molar-refractivity contribution < 1.29 is 53.4 Å². The maximum atomic E-state index is 13.2. The highest BCUT2D eigenvalue weighted by atomic mass is 16.7. The molecule has 1 saturated heterocycles. The van der Waals surface area contributed by atoms with E-state index in [9.17, 15) is 34.5 Å². The summed E-state index contributed by atoms with van der Waals surface area (Å²) in [7, 11) is 0. The molecule has 0 aromatic heterocycles. The van der Waals surface area contributed by atoms with Crippen LogP contribution in [0.25, 0.3) is 0 Å². The number of rotatable bonds is 5. The van der Waals surface area contributed by atoms with Crippen LogP contribution in [0.1, 0.15) is 51.3 Å². The average Bonchev–Trinajstić information content (AvgIpc) is 3.06. The molecule has 1 aliphatic carbocycles. The zero-order valence-corrected chi connectivity index (χ0v) is 18.9. The second kappa shape index (κ2) is 9.01. The molecular formula is C24H22O11. The minimum atomic E-state index is -1.38. The summed E-state index contributed by atoms with van der Waals surface area (Å²) in [4.78, 5) is 49.3. The van der Waals surface area contributed by atoms with Gasteiger partial charge in [-0.2, -0.15) is 0 Å². The largest absolute Gasteiger partial charge is 0.507 e. The minimum Gasteiger partial charge on any atom is -0.507 e. The van der Waals surface area contributed by atoms with Crippen LogP contribution in [0.3, 0.4) is 0 Å². The molecule has 2 aromatic carbocycles. The first-order valence-corrected chi connectivity index (χ1v) is 10.6. The van der Waals surface area contributed by atoms with Crippen LogP contribution in [0.5, 0.6) is 17.2 Å². The molecule has 184 valence electrons. The Morgan fingerprint density at radius 1 is 0.886 bits per heavy atom. The van der Waals surface area contributed by atoms with E-state index in [-0.39, 0.29) is 33.8 Å². The van der Waals surface area contributed by atoms with Gasteiger partial charge in [-0.3, -0.25) is 19.2 Å². The van der Waals surface area contributed by atoms with Crippen LogP contribution < -0.4 is 4.74 Å². The molecule has 0 amide bonds. The van der Waals surface area contributed by atoms with Gasteiger partial charge in [-0.25, -0.2) is 0 Å². The molecular weight excluding hydrogens is 464 g/mol. The number of aromatic hydroxyl groups is 2. The average molecular weight is 486 g/mol. The number of carbonyl (C=O) groups excluding carboxylic acids is 4. The Bertz CT molecular complexity index is 1250. The first-order chi connectivity index (χ1) is 16.5. The molecule has 1 heterocycles. The molecule has 4 atom stereocenters. The molecule has 0 radical (unpaired) electrons. The van der Waals surface area contributed by atoms with E-state index in [1.807, 2.05) is 0 Å². The number of benzene rings is 2. The SMILES string of the molecule is CC(=O)O[C@H]1[C@@H](Oc2cc(O)c3c(c2)C(=O)c2cc(C)cc(O)c2C3=O)O[C@H](CO)[C@H]1OC(C)=O. The summed E-state index contributed by atoms with van der Waals surface area (Å²) in [6.45, 7) is 3.32. The van der Waals surface area contributed by atoms with E-state index in [1.165, 1.54) is 18.2 Å². The molecule has 11 nitrogen and oxygen atoms in total. The predicted molar refractivity (Wildman–Crippen MR) is 115 cm³/mol. The van der Waals surface area contributed by atoms with Gasteiger partial charge in [-0.15, -0.1) is 0 Å². The number of aryl methyl sites for hydroxylation is 1. The number of carbonyl (C=O) groups is 4. The van der Waals surface area contributed by atoms with Crippen molar-refractivity contribution in [3.8, 4) is 17.2 Å². The molecule has 3 N–H and O–H groups in total. The number of phenolic OH excluding ortho intramolecular Hbond substituents is 2. The van der Waals surface area contributed by atoms with E-state index >= 15 is 0 Å². The number of hydrogen-bond donors (Lipinski definition) is 3. The zero-order valence-electron chi connectivity index (χ0n) is 18.9. The summed E-state index contributed by atoms with van der Waals surface area (Å²) >= 11 is 0. The van der Waals surface area contributed by atoms with Gasteiger partial charge in [0.25, 0.3) is 0 Å². The normalized spacial score (nSPS) is 22.9. The molecule has 11 heteroatoms. The van der Waals surface area contributed by atoms with Crippen LogP contribution >= 0.6 is 0 Å². The first-order valence-electron chi connectivity index (χ1n) is 10.6. The van der Waals surface area contributed by atoms with Gasteiger partial charge in [0.1, 0.15) is 23.4 Å². The maximum Gasteiger partial charge on any atom is 0.303 e. The lowest BCUT2D eigenvalue weighted by Crippen LogP contribution is -2.42. The Morgan fingerprint density at radius 3 is 2.06 bits per heavy atom. The fraction of sp³-hybridized carbons (Fsp3) is 0.333. The van der Waals surface area contributed by atoms with Crippen LogP contribution in [0, 0.1) is 6.92 Å². The number of ether oxygens (including phenoxy) is 4. The number of aliphatic hydroxyl groups is 1. The summed E-state index contributed by atoms with van der Waals surface area (Å²) in [6, 6.07) is 5.06. The van der Waals surface area contributed by atoms with E-state index in [4.69, 9.17) is 18.9 Å². The van der Waals surface area contributed by atoms with Crippen molar-refractivity contribution >= 4 is 23.5 Å². The number of ketones is 2. The molecule has 0 unspecified atom stereocenters. The third-order valence-electron chi connectivity index (χ3n) is 5.60. The van der Waals surface area contributed by atoms with Gasteiger partial charge in [0.05, 0.1) is 17.7 Å². The smallest absolute Gasteiger partial charge is 0.303 e. The second-order valence-electron chi connectivity index (χ2n) is 8.22. The Morgan fingerprint density at radius 2 is 1.46 bits per heavy atom. The highest BCUT2D eigenvalue weighted by Crippen LogP contribution is 2.40. The van der Waals surface area contributed by atoms with Gasteiger partial charge in [0.15, 0.2) is 11.9 Å². The number of fused-ring (bicyclic) bond motifs is 2. The van der Waals surface area contributed by atoms with Crippen molar-refractivity contribution in [3.63, 3.8) is 0 Å². The Labute approximate surface area is 198 Å². The van der Waals surface area contributed by atoms with Crippen molar-refractivity contribution in [2.24, 2.45) is 0 Å². The predicted octanol–water partition coefficient (Wildman–Crippen LogP) is 1.14. The lowest BCUT2D eigenvalue weighted by molar-refractivity contribution is -0.170. The summed E-state index contributed by atoms with van der Waals surface area (Å²) in [6.07, 6.45) is -4.92. The van der Waals surface area contributed by atoms with Crippen molar-refractivity contribution in [1.29, 1.82) is 0 Å². The van der Waals surface area contributed by atoms with E-state index in [0.717, 1.165) is 19.9 Å². The van der Waals surface area contributed by atoms with E-state index in [0.29, 0.717) is 5.56 Å². The van der Waals surface area contributed by atoms with E-state index in [1.54, 1.807) is 6.92 Å². The fourth-order valence-corrected chi connectivity index (χ4v) is 4.26. The Balaban J connectivity index is 1.71. The molecule has 1 fully saturated rings. The first kappa shape index (κ1) is 24.2. The van der Waals surface area contributed by atoms with Gasteiger partial charge in [0.2, 0.25) is 18.2 Å². The van der Waals surface area contributed by atoms with Crippen LogP contribution in [-0.4, -0.2) is 70.0 Å². The summed E-state index contributed by atoms with van der Waals surface area (Å²) in [5.74, 6) is -3.88. The maximum absolute atomic E-state index is 13.2. The van der Waals surface area contributed by atoms with Crippen LogP contribution in [0.2, 0.25) is 0 Å². The fourth-order valence-electron chi connectivity index (χ4n) is 4.26. The number of esters is 2. The van der Waals surface area contributed by atoms with Gasteiger partial charge in [-0.05, 0) is 30.7 Å². The van der Waals surface area contributed by atoms with Gasteiger partial charge < -0.3 is 34.3 Å². The van der Waals surface area contributed by atoms with E-state index < -0.39 is 60.5 Å². The Kier molecular flexibility index (Phi) is 6.22. The van der Waals surface area contributed by atoms with Crippen LogP contribution in [-0.2, 0) is 23.8 Å². The van der Waals surface area contributed by atoms with Gasteiger partial charge in [-0.1, -0.05) is 0 Å². The molecule has 0 saturated carbocycles. The third-order valence-corrected chi connectivity index (χ3v) is 5.60. The van der Waals surface area contributed by atoms with Crippen LogP contribution in [0.15, 0.2) is 24.3 Å². The minimum absolute atomic E-state index is 0.0262. The second-order valence-corrected chi connectivity index (χ2v) is 8.22. The lowest BCUT2D eigenvalue weighted by atomic mass is 9.82. The molecule has 0 spiro atoms. The summed E-state index contributed by atoms with van der Waals surface area (Å²) in [5, 5.41) is 30.4. The number of hydrogen-bond acceptors (Lipinski definition) is 11. The number of aliphatic hydroxyl groups excluding tert-OH is 1. The van der Waals surface area contributed by atoms with Crippen molar-refractivity contribution in [1.82, 2.24) is 0 Å². The third kappa shape index (κ3) is 4.31. The molecule has 35 heavy (non-hydrogen) atoms. The lowest BCUT2D eigenvalue weighted by Gasteiger charge is -2.24. The standard InChI is InChI=1S/C24H22O11/c1-9-4-13-18(15(28)5-9)21(31)19-14(20(13)30)6-12(7-16(19)29)34-24-23(33-11(3)27)22(32-10(2)26)17(8-25)35-24/h4-7,17,22-25,28-29H,8H2,1-3H3/t17-,22-,23-,24+/m1/s1. The quantitative estimate of drug-likeness (QED) is 0.443. The van der Waals surface area contributed by atoms with Gasteiger partial charge >= 0.3 is 11.9 Å². The summed E-state index contributed by atoms with van der Waals surface area (Å²) in [5.41, 5.74) is -0.149. The molecule has 1 aliphatic heterocycles. The van der Waals surface area contributed by atoms with Gasteiger partial charge in [0, 0.05) is 31.0 Å². The molecule has 2 aliphatic rings. The highest BCUT2D eigenvalue weighted by Gasteiger charge is 2.50. The topological polar surface area (TPSA) is 166 Å². The zero-order chi connectivity index (χ0) is 25.6. The molecule has 4 rings (SSSR count). The highest BCUT2D eigenvalue weighted by molar-refractivity contribution is 6.30. The monoisotopic (exact) mass is 486 g/mol. The van der Waals surface area contributed by atoms with Crippen molar-refractivity contribution in [3.05, 3.63) is 52.1 Å². The summed E-state index contributed by atoms with van der Waals surface area (Å²) < 4.78 is 21.6. The van der Waals surface area contributed by atoms with E-state index in [2.05, 4.69) is 0 Å². The number of phenols is 2. The van der Waals surface area contributed by atoms with Crippen molar-refractivity contribution in [2.75, 3.05) is 6.61 Å².